The molecule has 1 heterocycles. The first kappa shape index (κ1) is 24.9. The van der Waals surface area contributed by atoms with Gasteiger partial charge in [-0.05, 0) is 55.8 Å². The van der Waals surface area contributed by atoms with E-state index in [-0.39, 0.29) is 29.2 Å². The van der Waals surface area contributed by atoms with Crippen molar-refractivity contribution in [3.05, 3.63) is 75.7 Å². The zero-order valence-corrected chi connectivity index (χ0v) is 18.4. The zero-order valence-electron chi connectivity index (χ0n) is 18.4. The first-order valence-corrected chi connectivity index (χ1v) is 10.5. The number of nitrogens with zero attached hydrogens (tertiary/aromatic N) is 1. The largest absolute Gasteiger partial charge is 0.416 e. The number of nitrogens with one attached hydrogen (secondary N) is 4. The summed E-state index contributed by atoms with van der Waals surface area (Å²) >= 11 is 0. The molecule has 2 amide bonds. The van der Waals surface area contributed by atoms with E-state index in [1.165, 1.54) is 18.3 Å². The monoisotopic (exact) mass is 474 g/mol. The second-order valence-electron chi connectivity index (χ2n) is 7.60. The van der Waals surface area contributed by atoms with Crippen LogP contribution in [0.25, 0.3) is 11.1 Å². The number of anilines is 2. The van der Waals surface area contributed by atoms with E-state index in [2.05, 4.69) is 25.9 Å². The topological polar surface area (TPSA) is 125 Å². The molecule has 1 aromatic heterocycles. The van der Waals surface area contributed by atoms with Gasteiger partial charge < -0.3 is 21.4 Å². The van der Waals surface area contributed by atoms with E-state index in [0.717, 1.165) is 11.6 Å². The van der Waals surface area contributed by atoms with Crippen LogP contribution in [0.4, 0.5) is 29.6 Å². The first-order chi connectivity index (χ1) is 16.2. The molecule has 3 aromatic rings. The Morgan fingerprint density at radius 3 is 2.50 bits per heavy atom. The quantitative estimate of drug-likeness (QED) is 0.317. The predicted molar refractivity (Wildman–Crippen MR) is 124 cm³/mol. The van der Waals surface area contributed by atoms with Crippen molar-refractivity contribution in [1.29, 1.82) is 0 Å². The normalized spacial score (nSPS) is 11.3. The summed E-state index contributed by atoms with van der Waals surface area (Å²) in [6.45, 7) is 2.85. The maximum Gasteiger partial charge on any atom is 0.416 e. The molecule has 0 unspecified atom stereocenters. The Labute approximate surface area is 193 Å². The van der Waals surface area contributed by atoms with Crippen molar-refractivity contribution in [3.8, 4) is 11.1 Å². The Morgan fingerprint density at radius 1 is 1.12 bits per heavy atom. The third-order valence-corrected chi connectivity index (χ3v) is 4.94. The summed E-state index contributed by atoms with van der Waals surface area (Å²) in [5.41, 5.74) is 5.39. The minimum absolute atomic E-state index is 0.0166. The molecule has 0 radical (unpaired) electrons. The Balaban J connectivity index is 1.77. The molecule has 0 saturated heterocycles. The minimum Gasteiger partial charge on any atom is -0.331 e. The van der Waals surface area contributed by atoms with Crippen molar-refractivity contribution in [2.75, 3.05) is 23.7 Å². The summed E-state index contributed by atoms with van der Waals surface area (Å²) in [4.78, 5) is 31.0. The molecule has 0 aliphatic heterocycles. The lowest BCUT2D eigenvalue weighted by Crippen LogP contribution is -2.23. The Morgan fingerprint density at radius 2 is 1.85 bits per heavy atom. The molecule has 0 bridgehead atoms. The number of aryl methyl sites for hydroxylation is 1. The van der Waals surface area contributed by atoms with Gasteiger partial charge in [0.2, 0.25) is 5.95 Å². The number of nitrogens with two attached hydrogens (primary N) is 1. The van der Waals surface area contributed by atoms with Gasteiger partial charge >= 0.3 is 12.2 Å². The molecular formula is C23H25F3N6O2. The second kappa shape index (κ2) is 10.9. The summed E-state index contributed by atoms with van der Waals surface area (Å²) < 4.78 is 40.9. The van der Waals surface area contributed by atoms with Gasteiger partial charge in [0.25, 0.3) is 5.56 Å². The zero-order chi connectivity index (χ0) is 24.7. The van der Waals surface area contributed by atoms with Crippen molar-refractivity contribution in [3.63, 3.8) is 0 Å². The van der Waals surface area contributed by atoms with Crippen LogP contribution in [0.5, 0.6) is 0 Å². The van der Waals surface area contributed by atoms with E-state index in [9.17, 15) is 22.8 Å². The molecule has 0 spiro atoms. The van der Waals surface area contributed by atoms with Crippen molar-refractivity contribution in [1.82, 2.24) is 15.3 Å². The number of rotatable bonds is 8. The lowest BCUT2D eigenvalue weighted by Gasteiger charge is -2.15. The summed E-state index contributed by atoms with van der Waals surface area (Å²) in [5.74, 6) is -0.143. The average Bonchev–Trinajstić information content (AvgIpc) is 2.78. The number of alkyl halides is 3. The lowest BCUT2D eigenvalue weighted by molar-refractivity contribution is -0.138. The number of aromatic amines is 1. The van der Waals surface area contributed by atoms with Crippen LogP contribution in [0.1, 0.15) is 23.1 Å². The van der Waals surface area contributed by atoms with E-state index in [4.69, 9.17) is 5.73 Å². The molecule has 34 heavy (non-hydrogen) atoms. The van der Waals surface area contributed by atoms with Gasteiger partial charge in [-0.1, -0.05) is 29.8 Å². The van der Waals surface area contributed by atoms with E-state index in [1.807, 2.05) is 19.1 Å². The molecule has 2 aromatic carbocycles. The number of benzene rings is 2. The van der Waals surface area contributed by atoms with Crippen LogP contribution in [0.15, 0.2) is 53.5 Å². The molecular weight excluding hydrogens is 449 g/mol. The maximum absolute atomic E-state index is 13.6. The van der Waals surface area contributed by atoms with Crippen LogP contribution < -0.4 is 27.2 Å². The second-order valence-corrected chi connectivity index (χ2v) is 7.60. The lowest BCUT2D eigenvalue weighted by atomic mass is 10.00. The predicted octanol–water partition coefficient (Wildman–Crippen LogP) is 3.85. The van der Waals surface area contributed by atoms with Crippen molar-refractivity contribution in [2.24, 2.45) is 5.73 Å². The molecule has 6 N–H and O–H groups in total. The Hall–Kier alpha value is -3.70. The first-order valence-electron chi connectivity index (χ1n) is 10.5. The molecule has 11 heteroatoms. The fourth-order valence-corrected chi connectivity index (χ4v) is 3.19. The van der Waals surface area contributed by atoms with Crippen molar-refractivity contribution in [2.45, 2.75) is 26.1 Å². The summed E-state index contributed by atoms with van der Waals surface area (Å²) in [6, 6.07) is 10.1. The SMILES string of the molecule is Cc1ccc(NC(=O)Nc2nc(=O)c(-c3ccc(CNCCCN)c(C(F)(F)F)c3)c[nH]2)cc1. The standard InChI is InChI=1S/C23H25F3N6O2/c1-14-3-7-17(8-4-14)30-22(34)32-21-29-13-18(20(33)31-21)15-5-6-16(12-28-10-2-9-27)19(11-15)23(24,25)26/h3-8,11,13,28H,2,9-10,12,27H2,1H3,(H3,29,30,31,32,33,34). The van der Waals surface area contributed by atoms with Crippen LogP contribution in [-0.4, -0.2) is 29.1 Å². The maximum atomic E-state index is 13.6. The smallest absolute Gasteiger partial charge is 0.331 e. The van der Waals surface area contributed by atoms with Crippen LogP contribution in [0.2, 0.25) is 0 Å². The number of hydrogen-bond acceptors (Lipinski definition) is 5. The molecule has 0 fully saturated rings. The van der Waals surface area contributed by atoms with Crippen molar-refractivity contribution < 1.29 is 18.0 Å². The molecule has 0 atom stereocenters. The van der Waals surface area contributed by atoms with E-state index >= 15 is 0 Å². The van der Waals surface area contributed by atoms with Gasteiger partial charge in [0, 0.05) is 18.4 Å². The molecule has 8 nitrogen and oxygen atoms in total. The average molecular weight is 474 g/mol. The number of hydrogen-bond donors (Lipinski definition) is 5. The molecule has 0 aliphatic carbocycles. The highest BCUT2D eigenvalue weighted by molar-refractivity contribution is 5.98. The Bertz CT molecular complexity index is 1190. The summed E-state index contributed by atoms with van der Waals surface area (Å²) in [5, 5.41) is 7.90. The highest BCUT2D eigenvalue weighted by atomic mass is 19.4. The highest BCUT2D eigenvalue weighted by Gasteiger charge is 2.33. The van der Waals surface area contributed by atoms with Gasteiger partial charge in [-0.25, -0.2) is 4.79 Å². The number of halogens is 3. The number of H-pyrrole nitrogens is 1. The van der Waals surface area contributed by atoms with Gasteiger partial charge in [-0.15, -0.1) is 0 Å². The fourth-order valence-electron chi connectivity index (χ4n) is 3.19. The van der Waals surface area contributed by atoms with E-state index < -0.39 is 23.3 Å². The van der Waals surface area contributed by atoms with Crippen LogP contribution in [-0.2, 0) is 12.7 Å². The van der Waals surface area contributed by atoms with Gasteiger partial charge in [-0.2, -0.15) is 18.2 Å². The number of aromatic nitrogens is 2. The van der Waals surface area contributed by atoms with Crippen LogP contribution in [0.3, 0.4) is 0 Å². The van der Waals surface area contributed by atoms with Gasteiger partial charge in [0.1, 0.15) is 0 Å². The minimum atomic E-state index is -4.60. The fraction of sp³-hybridized carbons (Fsp3) is 0.261. The third-order valence-electron chi connectivity index (χ3n) is 4.94. The van der Waals surface area contributed by atoms with Gasteiger partial charge in [0.05, 0.1) is 11.1 Å². The molecule has 180 valence electrons. The summed E-state index contributed by atoms with van der Waals surface area (Å²) in [7, 11) is 0. The van der Waals surface area contributed by atoms with Crippen molar-refractivity contribution >= 4 is 17.7 Å². The van der Waals surface area contributed by atoms with Gasteiger partial charge in [-0.3, -0.25) is 10.1 Å². The van der Waals surface area contributed by atoms with Crippen LogP contribution in [0, 0.1) is 6.92 Å². The number of amides is 2. The van der Waals surface area contributed by atoms with E-state index in [0.29, 0.717) is 25.2 Å². The molecule has 0 saturated carbocycles. The van der Waals surface area contributed by atoms with Gasteiger partial charge in [0.15, 0.2) is 0 Å². The van der Waals surface area contributed by atoms with E-state index in [1.54, 1.807) is 12.1 Å². The number of urea groups is 1. The molecule has 0 aliphatic rings. The summed E-state index contributed by atoms with van der Waals surface area (Å²) in [6.07, 6.45) is -2.74. The highest BCUT2D eigenvalue weighted by Crippen LogP contribution is 2.34. The number of carbonyl (C=O) groups excluding carboxylic acids is 1. The molecule has 3 rings (SSSR count). The van der Waals surface area contributed by atoms with Crippen LogP contribution >= 0.6 is 0 Å². The third kappa shape index (κ3) is 6.65. The Kier molecular flexibility index (Phi) is 8.03. The number of carbonyl (C=O) groups is 1.